The normalized spacial score (nSPS) is 24.6. The highest BCUT2D eigenvalue weighted by atomic mass is 35.5. The van der Waals surface area contributed by atoms with E-state index in [1.54, 1.807) is 6.07 Å². The maximum atomic E-state index is 11.3. The van der Waals surface area contributed by atoms with Crippen LogP contribution in [0, 0.1) is 11.8 Å². The number of halogens is 3. The van der Waals surface area contributed by atoms with Gasteiger partial charge in [0.25, 0.3) is 0 Å². The number of carboxylic acid groups (broad SMARTS) is 1. The average Bonchev–Trinajstić information content (AvgIpc) is 3.17. The number of aromatic carboxylic acids is 1. The molecule has 1 aliphatic rings. The first kappa shape index (κ1) is 21.9. The Balaban J connectivity index is 1.58. The van der Waals surface area contributed by atoms with Crippen molar-refractivity contribution < 1.29 is 15.0 Å². The summed E-state index contributed by atoms with van der Waals surface area (Å²) in [5.41, 5.74) is 1.94. The van der Waals surface area contributed by atoms with Gasteiger partial charge in [0.15, 0.2) is 0 Å². The molecule has 1 aliphatic carbocycles. The van der Waals surface area contributed by atoms with Crippen LogP contribution in [0.2, 0.25) is 10.0 Å². The van der Waals surface area contributed by atoms with E-state index in [1.807, 2.05) is 23.6 Å². The van der Waals surface area contributed by atoms with Gasteiger partial charge in [-0.25, -0.2) is 4.79 Å². The standard InChI is InChI=1S/C21H23Cl3O3S/c22-14-8-12(9-15(23)10-14)4-5-17-16(18(24)11-19(17)25)3-1-2-13-6-7-28-20(13)21(26)27/h6-10,16-19,25H,1-5,11H2,(H,26,27)/t16-,17-,18-,19-/m1/s1. The number of benzene rings is 1. The summed E-state index contributed by atoms with van der Waals surface area (Å²) < 4.78 is 0. The molecule has 0 aliphatic heterocycles. The Bertz CT molecular complexity index is 803. The fourth-order valence-corrected chi connectivity index (χ4v) is 6.13. The first-order valence-electron chi connectivity index (χ1n) is 9.42. The zero-order valence-electron chi connectivity index (χ0n) is 15.3. The largest absolute Gasteiger partial charge is 0.477 e. The molecule has 3 nitrogen and oxygen atoms in total. The summed E-state index contributed by atoms with van der Waals surface area (Å²) in [6.45, 7) is 0. The van der Waals surface area contributed by atoms with Gasteiger partial charge in [-0.15, -0.1) is 22.9 Å². The molecule has 152 valence electrons. The number of thiophene rings is 1. The predicted octanol–water partition coefficient (Wildman–Crippen LogP) is 6.31. The van der Waals surface area contributed by atoms with Gasteiger partial charge in [-0.05, 0) is 91.1 Å². The van der Waals surface area contributed by atoms with Crippen molar-refractivity contribution >= 4 is 52.1 Å². The Morgan fingerprint density at radius 2 is 1.82 bits per heavy atom. The lowest BCUT2D eigenvalue weighted by Crippen LogP contribution is -2.21. The third-order valence-corrected chi connectivity index (χ3v) is 7.47. The van der Waals surface area contributed by atoms with E-state index in [0.29, 0.717) is 21.3 Å². The maximum absolute atomic E-state index is 11.3. The minimum Gasteiger partial charge on any atom is -0.477 e. The van der Waals surface area contributed by atoms with Crippen LogP contribution in [-0.2, 0) is 12.8 Å². The van der Waals surface area contributed by atoms with E-state index in [-0.39, 0.29) is 17.2 Å². The fraction of sp³-hybridized carbons (Fsp3) is 0.476. The molecular weight excluding hydrogens is 439 g/mol. The van der Waals surface area contributed by atoms with E-state index in [2.05, 4.69) is 0 Å². The quantitative estimate of drug-likeness (QED) is 0.453. The minimum atomic E-state index is -0.866. The monoisotopic (exact) mass is 460 g/mol. The van der Waals surface area contributed by atoms with E-state index >= 15 is 0 Å². The van der Waals surface area contributed by atoms with E-state index < -0.39 is 12.1 Å². The van der Waals surface area contributed by atoms with Gasteiger partial charge in [0.2, 0.25) is 0 Å². The van der Waals surface area contributed by atoms with Crippen LogP contribution in [0.1, 0.15) is 46.5 Å². The fourth-order valence-electron chi connectivity index (χ4n) is 4.27. The lowest BCUT2D eigenvalue weighted by Gasteiger charge is -2.23. The summed E-state index contributed by atoms with van der Waals surface area (Å²) in [6.07, 6.45) is 4.26. The first-order chi connectivity index (χ1) is 13.3. The molecule has 0 saturated heterocycles. The second kappa shape index (κ2) is 9.82. The summed E-state index contributed by atoms with van der Waals surface area (Å²) in [5, 5.41) is 22.7. The van der Waals surface area contributed by atoms with Gasteiger partial charge < -0.3 is 10.2 Å². The average molecular weight is 462 g/mol. The van der Waals surface area contributed by atoms with Crippen molar-refractivity contribution in [2.75, 3.05) is 0 Å². The van der Waals surface area contributed by atoms with E-state index in [4.69, 9.17) is 34.8 Å². The van der Waals surface area contributed by atoms with Crippen LogP contribution in [-0.4, -0.2) is 27.7 Å². The number of aryl methyl sites for hydroxylation is 2. The van der Waals surface area contributed by atoms with Crippen molar-refractivity contribution in [2.24, 2.45) is 11.8 Å². The number of aliphatic hydroxyl groups excluding tert-OH is 1. The summed E-state index contributed by atoms with van der Waals surface area (Å²) in [5.74, 6) is -0.519. The zero-order chi connectivity index (χ0) is 20.3. The number of rotatable bonds is 8. The minimum absolute atomic E-state index is 0.0515. The molecule has 0 radical (unpaired) electrons. The lowest BCUT2D eigenvalue weighted by atomic mass is 9.85. The van der Waals surface area contributed by atoms with Gasteiger partial charge >= 0.3 is 5.97 Å². The Kier molecular flexibility index (Phi) is 7.68. The van der Waals surface area contributed by atoms with E-state index in [0.717, 1.165) is 43.2 Å². The van der Waals surface area contributed by atoms with Gasteiger partial charge in [0.1, 0.15) is 4.88 Å². The summed E-state index contributed by atoms with van der Waals surface area (Å²) in [4.78, 5) is 11.7. The molecule has 1 aromatic carbocycles. The molecule has 1 aromatic heterocycles. The number of carbonyl (C=O) groups is 1. The number of hydrogen-bond donors (Lipinski definition) is 2. The Labute approximate surface area is 184 Å². The Hall–Kier alpha value is -0.780. The van der Waals surface area contributed by atoms with Gasteiger partial charge in [-0.3, -0.25) is 0 Å². The molecule has 0 unspecified atom stereocenters. The van der Waals surface area contributed by atoms with Crippen molar-refractivity contribution in [3.8, 4) is 0 Å². The topological polar surface area (TPSA) is 57.5 Å². The van der Waals surface area contributed by atoms with Crippen molar-refractivity contribution in [2.45, 2.75) is 50.0 Å². The van der Waals surface area contributed by atoms with Gasteiger partial charge in [0.05, 0.1) is 6.10 Å². The predicted molar refractivity (Wildman–Crippen MR) is 116 cm³/mol. The lowest BCUT2D eigenvalue weighted by molar-refractivity contribution is 0.0701. The van der Waals surface area contributed by atoms with E-state index in [9.17, 15) is 15.0 Å². The van der Waals surface area contributed by atoms with Gasteiger partial charge in [-0.1, -0.05) is 23.2 Å². The number of alkyl halides is 1. The van der Waals surface area contributed by atoms with E-state index in [1.165, 1.54) is 11.3 Å². The summed E-state index contributed by atoms with van der Waals surface area (Å²) in [7, 11) is 0. The van der Waals surface area contributed by atoms with Crippen molar-refractivity contribution in [3.63, 3.8) is 0 Å². The third kappa shape index (κ3) is 5.43. The smallest absolute Gasteiger partial charge is 0.346 e. The SMILES string of the molecule is O=C(O)c1sccc1CCC[C@@H]1[C@@H](CCc2cc(Cl)cc(Cl)c2)[C@H](O)C[C@H]1Cl. The van der Waals surface area contributed by atoms with Crippen LogP contribution in [0.3, 0.4) is 0 Å². The van der Waals surface area contributed by atoms with Crippen LogP contribution in [0.4, 0.5) is 0 Å². The second-order valence-electron chi connectivity index (χ2n) is 7.44. The van der Waals surface area contributed by atoms with Crippen LogP contribution in [0.15, 0.2) is 29.6 Å². The highest BCUT2D eigenvalue weighted by molar-refractivity contribution is 7.12. The molecule has 28 heavy (non-hydrogen) atoms. The van der Waals surface area contributed by atoms with Crippen molar-refractivity contribution in [3.05, 3.63) is 55.7 Å². The first-order valence-corrected chi connectivity index (χ1v) is 11.5. The zero-order valence-corrected chi connectivity index (χ0v) is 18.4. The van der Waals surface area contributed by atoms with Crippen molar-refractivity contribution in [1.29, 1.82) is 0 Å². The number of aliphatic hydroxyl groups is 1. The molecule has 7 heteroatoms. The molecule has 2 aromatic rings. The summed E-state index contributed by atoms with van der Waals surface area (Å²) in [6, 6.07) is 7.42. The highest BCUT2D eigenvalue weighted by Gasteiger charge is 2.40. The molecular formula is C21H23Cl3O3S. The van der Waals surface area contributed by atoms with Gasteiger partial charge in [-0.2, -0.15) is 0 Å². The second-order valence-corrected chi connectivity index (χ2v) is 9.79. The molecule has 1 fully saturated rings. The molecule has 2 N–H and O–H groups in total. The summed E-state index contributed by atoms with van der Waals surface area (Å²) >= 11 is 20.0. The van der Waals surface area contributed by atoms with Crippen LogP contribution in [0.5, 0.6) is 0 Å². The molecule has 0 bridgehead atoms. The Morgan fingerprint density at radius 3 is 2.50 bits per heavy atom. The number of carboxylic acids is 1. The Morgan fingerprint density at radius 1 is 1.11 bits per heavy atom. The molecule has 1 heterocycles. The number of hydrogen-bond acceptors (Lipinski definition) is 3. The van der Waals surface area contributed by atoms with Crippen LogP contribution in [0.25, 0.3) is 0 Å². The molecule has 0 spiro atoms. The third-order valence-electron chi connectivity index (χ3n) is 5.59. The molecule has 4 atom stereocenters. The van der Waals surface area contributed by atoms with Crippen LogP contribution < -0.4 is 0 Å². The molecule has 0 amide bonds. The highest BCUT2D eigenvalue weighted by Crippen LogP contribution is 2.42. The van der Waals surface area contributed by atoms with Crippen molar-refractivity contribution in [1.82, 2.24) is 0 Å². The maximum Gasteiger partial charge on any atom is 0.346 e. The van der Waals surface area contributed by atoms with Crippen LogP contribution >= 0.6 is 46.1 Å². The van der Waals surface area contributed by atoms with Gasteiger partial charge in [0, 0.05) is 15.4 Å². The molecule has 1 saturated carbocycles. The molecule has 3 rings (SSSR count).